The number of nitrogens with zero attached hydrogens (tertiary/aromatic N) is 2. The van der Waals surface area contributed by atoms with Crippen molar-refractivity contribution >= 4 is 66.2 Å². The van der Waals surface area contributed by atoms with Crippen molar-refractivity contribution in [3.05, 3.63) is 68.7 Å². The molecule has 0 spiro atoms. The van der Waals surface area contributed by atoms with E-state index in [2.05, 4.69) is 26.9 Å². The highest BCUT2D eigenvalue weighted by molar-refractivity contribution is 9.10. The van der Waals surface area contributed by atoms with Crippen molar-refractivity contribution in [2.75, 3.05) is 6.54 Å². The van der Waals surface area contributed by atoms with Gasteiger partial charge in [-0.05, 0) is 53.5 Å². The number of carbonyl (C=O) groups excluding carboxylic acids is 1. The van der Waals surface area contributed by atoms with Crippen LogP contribution in [-0.2, 0) is 14.8 Å². The lowest BCUT2D eigenvalue weighted by Crippen LogP contribution is -2.29. The molecule has 1 aromatic heterocycles. The van der Waals surface area contributed by atoms with E-state index in [0.717, 1.165) is 21.1 Å². The van der Waals surface area contributed by atoms with E-state index < -0.39 is 10.0 Å². The summed E-state index contributed by atoms with van der Waals surface area (Å²) in [5.74, 6) is -0.284. The van der Waals surface area contributed by atoms with Gasteiger partial charge in [-0.2, -0.15) is 8.42 Å². The second-order valence-electron chi connectivity index (χ2n) is 5.13. The van der Waals surface area contributed by atoms with E-state index >= 15 is 0 Å². The lowest BCUT2D eigenvalue weighted by Gasteiger charge is -2.12. The number of amidine groups is 1. The second kappa shape index (κ2) is 7.91. The highest BCUT2D eigenvalue weighted by Gasteiger charge is 2.34. The molecule has 3 rings (SSSR count). The zero-order chi connectivity index (χ0) is 18.7. The number of hydrogen-bond donors (Lipinski definition) is 0. The first kappa shape index (κ1) is 19.1. The Balaban J connectivity index is 1.98. The Bertz CT molecular complexity index is 994. The summed E-state index contributed by atoms with van der Waals surface area (Å²) >= 11 is 5.81. The average molecular weight is 469 g/mol. The molecule has 1 aromatic carbocycles. The molecule has 0 radical (unpaired) electrons. The van der Waals surface area contributed by atoms with Crippen molar-refractivity contribution in [1.29, 1.82) is 0 Å². The van der Waals surface area contributed by atoms with Gasteiger partial charge in [0.1, 0.15) is 0 Å². The predicted molar refractivity (Wildman–Crippen MR) is 111 cm³/mol. The minimum absolute atomic E-state index is 0.0653. The van der Waals surface area contributed by atoms with E-state index in [1.807, 2.05) is 17.5 Å². The maximum absolute atomic E-state index is 12.6. The van der Waals surface area contributed by atoms with Crippen molar-refractivity contribution in [2.45, 2.75) is 4.90 Å². The third-order valence-electron chi connectivity index (χ3n) is 3.33. The first-order chi connectivity index (χ1) is 12.4. The summed E-state index contributed by atoms with van der Waals surface area (Å²) in [5.41, 5.74) is 0. The monoisotopic (exact) mass is 468 g/mol. The SMILES string of the molecule is C=CCN1C(=O)C(=Cc2cccs2)SC1=NS(=O)(=O)c1ccc(Br)cc1. The highest BCUT2D eigenvalue weighted by atomic mass is 79.9. The normalized spacial score (nSPS) is 18.0. The number of rotatable bonds is 5. The van der Waals surface area contributed by atoms with Crippen LogP contribution in [0, 0.1) is 0 Å². The first-order valence-electron chi connectivity index (χ1n) is 7.37. The van der Waals surface area contributed by atoms with Crippen LogP contribution in [0.4, 0.5) is 0 Å². The lowest BCUT2D eigenvalue weighted by molar-refractivity contribution is -0.121. The van der Waals surface area contributed by atoms with Crippen molar-refractivity contribution in [3.8, 4) is 0 Å². The molecule has 26 heavy (non-hydrogen) atoms. The van der Waals surface area contributed by atoms with Gasteiger partial charge in [-0.1, -0.05) is 28.1 Å². The number of hydrogen-bond acceptors (Lipinski definition) is 5. The quantitative estimate of drug-likeness (QED) is 0.482. The fraction of sp³-hybridized carbons (Fsp3) is 0.0588. The molecule has 1 saturated heterocycles. The summed E-state index contributed by atoms with van der Waals surface area (Å²) < 4.78 is 29.8. The van der Waals surface area contributed by atoms with Gasteiger partial charge in [-0.3, -0.25) is 9.69 Å². The van der Waals surface area contributed by atoms with Crippen LogP contribution in [0.15, 0.2) is 73.1 Å². The summed E-state index contributed by atoms with van der Waals surface area (Å²) in [7, 11) is -3.93. The summed E-state index contributed by atoms with van der Waals surface area (Å²) in [4.78, 5) is 15.3. The lowest BCUT2D eigenvalue weighted by atomic mass is 10.3. The Labute approximate surface area is 168 Å². The predicted octanol–water partition coefficient (Wildman–Crippen LogP) is 4.36. The van der Waals surface area contributed by atoms with E-state index in [1.165, 1.54) is 34.4 Å². The average Bonchev–Trinajstić information content (AvgIpc) is 3.20. The molecular formula is C17H13BrN2O3S3. The number of carbonyl (C=O) groups is 1. The summed E-state index contributed by atoms with van der Waals surface area (Å²) in [6, 6.07) is 9.95. The van der Waals surface area contributed by atoms with Crippen molar-refractivity contribution in [1.82, 2.24) is 4.90 Å². The molecule has 1 aliphatic rings. The van der Waals surface area contributed by atoms with Gasteiger partial charge in [-0.15, -0.1) is 22.3 Å². The van der Waals surface area contributed by atoms with Gasteiger partial charge in [0.25, 0.3) is 15.9 Å². The van der Waals surface area contributed by atoms with Crippen LogP contribution in [0.1, 0.15) is 4.88 Å². The van der Waals surface area contributed by atoms with E-state index in [1.54, 1.807) is 18.2 Å². The Kier molecular flexibility index (Phi) is 5.81. The topological polar surface area (TPSA) is 66.8 Å². The van der Waals surface area contributed by atoms with Crippen molar-refractivity contribution in [2.24, 2.45) is 4.40 Å². The fourth-order valence-electron chi connectivity index (χ4n) is 2.13. The molecule has 0 bridgehead atoms. The molecule has 2 heterocycles. The summed E-state index contributed by atoms with van der Waals surface area (Å²) in [5, 5.41) is 2.03. The van der Waals surface area contributed by atoms with Gasteiger partial charge in [-0.25, -0.2) is 0 Å². The molecular weight excluding hydrogens is 456 g/mol. The van der Waals surface area contributed by atoms with Crippen molar-refractivity contribution < 1.29 is 13.2 Å². The zero-order valence-electron chi connectivity index (χ0n) is 13.3. The second-order valence-corrected chi connectivity index (χ2v) is 9.64. The molecule has 1 amide bonds. The smallest absolute Gasteiger partial charge is 0.282 e. The maximum Gasteiger partial charge on any atom is 0.284 e. The number of thioether (sulfide) groups is 1. The zero-order valence-corrected chi connectivity index (χ0v) is 17.4. The van der Waals surface area contributed by atoms with Crippen LogP contribution in [0.25, 0.3) is 6.08 Å². The molecule has 0 atom stereocenters. The molecule has 9 heteroatoms. The fourth-order valence-corrected chi connectivity index (χ4v) is 5.31. The summed E-state index contributed by atoms with van der Waals surface area (Å²) in [6.45, 7) is 3.81. The van der Waals surface area contributed by atoms with Gasteiger partial charge in [0.2, 0.25) is 0 Å². The molecule has 0 aliphatic carbocycles. The van der Waals surface area contributed by atoms with Crippen LogP contribution >= 0.6 is 39.0 Å². The van der Waals surface area contributed by atoms with Gasteiger partial charge in [0.05, 0.1) is 9.80 Å². The number of amides is 1. The van der Waals surface area contributed by atoms with Crippen LogP contribution in [0.2, 0.25) is 0 Å². The number of sulfonamides is 1. The third kappa shape index (κ3) is 4.17. The molecule has 1 fully saturated rings. The molecule has 134 valence electrons. The van der Waals surface area contributed by atoms with Gasteiger partial charge >= 0.3 is 0 Å². The van der Waals surface area contributed by atoms with Gasteiger partial charge in [0, 0.05) is 15.9 Å². The molecule has 2 aromatic rings. The van der Waals surface area contributed by atoms with E-state index in [-0.39, 0.29) is 22.5 Å². The van der Waals surface area contributed by atoms with Crippen LogP contribution < -0.4 is 0 Å². The number of halogens is 1. The Morgan fingerprint density at radius 2 is 1.96 bits per heavy atom. The van der Waals surface area contributed by atoms with E-state index in [9.17, 15) is 13.2 Å². The Morgan fingerprint density at radius 1 is 1.23 bits per heavy atom. The Hall–Kier alpha value is -1.68. The largest absolute Gasteiger partial charge is 0.284 e. The van der Waals surface area contributed by atoms with Crippen LogP contribution in [-0.4, -0.2) is 30.9 Å². The van der Waals surface area contributed by atoms with Gasteiger partial charge in [0.15, 0.2) is 5.17 Å². The molecule has 1 aliphatic heterocycles. The number of thiophene rings is 1. The molecule has 0 unspecified atom stereocenters. The van der Waals surface area contributed by atoms with Gasteiger partial charge < -0.3 is 0 Å². The van der Waals surface area contributed by atoms with Crippen LogP contribution in [0.3, 0.4) is 0 Å². The van der Waals surface area contributed by atoms with Crippen LogP contribution in [0.5, 0.6) is 0 Å². The minimum Gasteiger partial charge on any atom is -0.282 e. The van der Waals surface area contributed by atoms with E-state index in [0.29, 0.717) is 4.91 Å². The van der Waals surface area contributed by atoms with E-state index in [4.69, 9.17) is 0 Å². The molecule has 0 N–H and O–H groups in total. The third-order valence-corrected chi connectivity index (χ3v) is 7.08. The summed E-state index contributed by atoms with van der Waals surface area (Å²) in [6.07, 6.45) is 3.27. The number of benzene rings is 1. The first-order valence-corrected chi connectivity index (χ1v) is 11.3. The highest BCUT2D eigenvalue weighted by Crippen LogP contribution is 2.34. The maximum atomic E-state index is 12.6. The molecule has 0 saturated carbocycles. The Morgan fingerprint density at radius 3 is 2.58 bits per heavy atom. The standard InChI is InChI=1S/C17H13BrN2O3S3/c1-2-9-20-16(21)15(11-13-4-3-10-24-13)25-17(20)19-26(22,23)14-7-5-12(18)6-8-14/h2-8,10-11H,1,9H2. The molecule has 5 nitrogen and oxygen atoms in total. The minimum atomic E-state index is -3.93. The van der Waals surface area contributed by atoms with Crippen molar-refractivity contribution in [3.63, 3.8) is 0 Å².